The lowest BCUT2D eigenvalue weighted by molar-refractivity contribution is 0.257. The number of nitrogens with zero attached hydrogens (tertiary/aromatic N) is 4. The summed E-state index contributed by atoms with van der Waals surface area (Å²) in [4.78, 5) is 10.4. The molecule has 1 aliphatic rings. The standard InChI is InChI=1S/C14H19FN6/c1-14(9-16)2-4-21(5-3-14)13-18-12(19-20-13)10-6-11(15)8-17-7-10/h6-8H,2-5,9,16H2,1H3,(H,18,19,20). The first-order chi connectivity index (χ1) is 10.1. The van der Waals surface area contributed by atoms with Crippen LogP contribution < -0.4 is 10.6 Å². The van der Waals surface area contributed by atoms with Gasteiger partial charge in [-0.05, 0) is 30.9 Å². The van der Waals surface area contributed by atoms with Crippen molar-refractivity contribution in [2.24, 2.45) is 11.1 Å². The fourth-order valence-electron chi connectivity index (χ4n) is 2.52. The highest BCUT2D eigenvalue weighted by molar-refractivity contribution is 5.54. The van der Waals surface area contributed by atoms with Gasteiger partial charge in [0.05, 0.1) is 6.20 Å². The quantitative estimate of drug-likeness (QED) is 0.896. The predicted molar refractivity (Wildman–Crippen MR) is 78.2 cm³/mol. The molecule has 0 aliphatic carbocycles. The van der Waals surface area contributed by atoms with Crippen molar-refractivity contribution in [2.45, 2.75) is 19.8 Å². The van der Waals surface area contributed by atoms with E-state index < -0.39 is 0 Å². The van der Waals surface area contributed by atoms with E-state index in [1.54, 1.807) is 6.20 Å². The molecule has 0 unspecified atom stereocenters. The number of halogens is 1. The van der Waals surface area contributed by atoms with Crippen LogP contribution in [-0.4, -0.2) is 39.8 Å². The number of nitrogens with two attached hydrogens (primary N) is 1. The van der Waals surface area contributed by atoms with Gasteiger partial charge in [-0.15, -0.1) is 5.10 Å². The van der Waals surface area contributed by atoms with Gasteiger partial charge in [0, 0.05) is 24.8 Å². The van der Waals surface area contributed by atoms with Crippen molar-refractivity contribution in [3.8, 4) is 11.4 Å². The Balaban J connectivity index is 1.74. The van der Waals surface area contributed by atoms with Crippen LogP contribution in [-0.2, 0) is 0 Å². The first-order valence-corrected chi connectivity index (χ1v) is 7.08. The highest BCUT2D eigenvalue weighted by Crippen LogP contribution is 2.31. The second-order valence-electron chi connectivity index (χ2n) is 5.88. The van der Waals surface area contributed by atoms with Crippen molar-refractivity contribution >= 4 is 5.95 Å². The number of H-pyrrole nitrogens is 1. The van der Waals surface area contributed by atoms with Crippen LogP contribution in [0.2, 0.25) is 0 Å². The molecule has 1 fully saturated rings. The molecule has 2 aromatic heterocycles. The van der Waals surface area contributed by atoms with Crippen molar-refractivity contribution < 1.29 is 4.39 Å². The second kappa shape index (κ2) is 5.40. The fourth-order valence-corrected chi connectivity index (χ4v) is 2.52. The minimum Gasteiger partial charge on any atom is -0.339 e. The van der Waals surface area contributed by atoms with E-state index in [0.717, 1.165) is 25.9 Å². The maximum atomic E-state index is 13.2. The van der Waals surface area contributed by atoms with E-state index in [1.807, 2.05) is 0 Å². The van der Waals surface area contributed by atoms with Gasteiger partial charge in [0.25, 0.3) is 0 Å². The van der Waals surface area contributed by atoms with E-state index in [4.69, 9.17) is 5.73 Å². The Morgan fingerprint density at radius 3 is 2.81 bits per heavy atom. The Labute approximate surface area is 122 Å². The number of aromatic nitrogens is 4. The van der Waals surface area contributed by atoms with Crippen LogP contribution >= 0.6 is 0 Å². The summed E-state index contributed by atoms with van der Waals surface area (Å²) in [5, 5.41) is 7.07. The first kappa shape index (κ1) is 13.9. The van der Waals surface area contributed by atoms with Crippen molar-refractivity contribution in [1.82, 2.24) is 20.2 Å². The lowest BCUT2D eigenvalue weighted by Gasteiger charge is -2.38. The largest absolute Gasteiger partial charge is 0.339 e. The van der Waals surface area contributed by atoms with Gasteiger partial charge in [-0.25, -0.2) is 4.39 Å². The van der Waals surface area contributed by atoms with E-state index in [9.17, 15) is 4.39 Å². The average molecular weight is 290 g/mol. The molecule has 3 rings (SSSR count). The monoisotopic (exact) mass is 290 g/mol. The summed E-state index contributed by atoms with van der Waals surface area (Å²) in [6.07, 6.45) is 4.78. The zero-order valence-electron chi connectivity index (χ0n) is 12.0. The normalized spacial score (nSPS) is 18.0. The topological polar surface area (TPSA) is 83.7 Å². The second-order valence-corrected chi connectivity index (χ2v) is 5.88. The maximum Gasteiger partial charge on any atom is 0.245 e. The van der Waals surface area contributed by atoms with Gasteiger partial charge < -0.3 is 10.6 Å². The van der Waals surface area contributed by atoms with E-state index >= 15 is 0 Å². The predicted octanol–water partition coefficient (Wildman–Crippen LogP) is 1.57. The van der Waals surface area contributed by atoms with Gasteiger partial charge in [0.1, 0.15) is 5.82 Å². The summed E-state index contributed by atoms with van der Waals surface area (Å²) in [6, 6.07) is 1.39. The van der Waals surface area contributed by atoms with Crippen molar-refractivity contribution in [1.29, 1.82) is 0 Å². The van der Waals surface area contributed by atoms with E-state index in [2.05, 4.69) is 32.0 Å². The zero-order chi connectivity index (χ0) is 14.9. The highest BCUT2D eigenvalue weighted by Gasteiger charge is 2.30. The van der Waals surface area contributed by atoms with Crippen LogP contribution in [0.5, 0.6) is 0 Å². The third-order valence-corrected chi connectivity index (χ3v) is 4.20. The van der Waals surface area contributed by atoms with Crippen LogP contribution in [0.15, 0.2) is 18.5 Å². The van der Waals surface area contributed by atoms with E-state index in [-0.39, 0.29) is 11.2 Å². The number of pyridine rings is 1. The first-order valence-electron chi connectivity index (χ1n) is 7.08. The molecule has 0 aromatic carbocycles. The molecule has 7 heteroatoms. The van der Waals surface area contributed by atoms with Gasteiger partial charge >= 0.3 is 0 Å². The molecule has 21 heavy (non-hydrogen) atoms. The summed E-state index contributed by atoms with van der Waals surface area (Å²) in [7, 11) is 0. The molecule has 0 radical (unpaired) electrons. The lowest BCUT2D eigenvalue weighted by atomic mass is 9.81. The van der Waals surface area contributed by atoms with Crippen LogP contribution in [0, 0.1) is 11.2 Å². The molecule has 1 aliphatic heterocycles. The number of hydrogen-bond donors (Lipinski definition) is 2. The van der Waals surface area contributed by atoms with Crippen LogP contribution in [0.25, 0.3) is 11.4 Å². The average Bonchev–Trinajstić information content (AvgIpc) is 2.98. The molecule has 0 amide bonds. The summed E-state index contributed by atoms with van der Waals surface area (Å²) in [5.41, 5.74) is 6.62. The molecular weight excluding hydrogens is 271 g/mol. The minimum absolute atomic E-state index is 0.210. The Kier molecular flexibility index (Phi) is 3.59. The van der Waals surface area contributed by atoms with Gasteiger partial charge in [0.2, 0.25) is 5.95 Å². The number of nitrogens with one attached hydrogen (secondary N) is 1. The van der Waals surface area contributed by atoms with Crippen LogP contribution in [0.4, 0.5) is 10.3 Å². The number of hydrogen-bond acceptors (Lipinski definition) is 5. The third kappa shape index (κ3) is 2.87. The molecule has 1 saturated heterocycles. The molecule has 6 nitrogen and oxygen atoms in total. The molecule has 3 N–H and O–H groups in total. The number of rotatable bonds is 3. The van der Waals surface area contributed by atoms with Crippen molar-refractivity contribution in [2.75, 3.05) is 24.5 Å². The Morgan fingerprint density at radius 1 is 1.38 bits per heavy atom. The molecule has 112 valence electrons. The van der Waals surface area contributed by atoms with Gasteiger partial charge in [-0.3, -0.25) is 10.1 Å². The van der Waals surface area contributed by atoms with E-state index in [1.165, 1.54) is 12.3 Å². The van der Waals surface area contributed by atoms with Crippen LogP contribution in [0.3, 0.4) is 0 Å². The molecule has 0 spiro atoms. The van der Waals surface area contributed by atoms with Gasteiger partial charge in [0.15, 0.2) is 5.82 Å². The van der Waals surface area contributed by atoms with Crippen molar-refractivity contribution in [3.63, 3.8) is 0 Å². The number of aromatic amines is 1. The fraction of sp³-hybridized carbons (Fsp3) is 0.500. The summed E-state index contributed by atoms with van der Waals surface area (Å²) < 4.78 is 13.2. The number of piperidine rings is 1. The maximum absolute atomic E-state index is 13.2. The summed E-state index contributed by atoms with van der Waals surface area (Å²) in [6.45, 7) is 4.68. The Hall–Kier alpha value is -2.02. The van der Waals surface area contributed by atoms with E-state index in [0.29, 0.717) is 23.9 Å². The van der Waals surface area contributed by atoms with Crippen LogP contribution in [0.1, 0.15) is 19.8 Å². The van der Waals surface area contributed by atoms with Gasteiger partial charge in [-0.1, -0.05) is 6.92 Å². The SMILES string of the molecule is CC1(CN)CCN(c2n[nH]c(-c3cncc(F)c3)n2)CC1. The number of anilines is 1. The molecule has 0 atom stereocenters. The lowest BCUT2D eigenvalue weighted by Crippen LogP contribution is -2.42. The molecular formula is C14H19FN6. The van der Waals surface area contributed by atoms with Gasteiger partial charge in [-0.2, -0.15) is 4.98 Å². The smallest absolute Gasteiger partial charge is 0.245 e. The molecule has 2 aromatic rings. The molecule has 0 bridgehead atoms. The Morgan fingerprint density at radius 2 is 2.14 bits per heavy atom. The van der Waals surface area contributed by atoms with Crippen molar-refractivity contribution in [3.05, 3.63) is 24.3 Å². The minimum atomic E-state index is -0.387. The molecule has 3 heterocycles. The summed E-state index contributed by atoms with van der Waals surface area (Å²) >= 11 is 0. The highest BCUT2D eigenvalue weighted by atomic mass is 19.1. The summed E-state index contributed by atoms with van der Waals surface area (Å²) in [5.74, 6) is 0.791. The molecule has 0 saturated carbocycles. The Bertz CT molecular complexity index is 617. The third-order valence-electron chi connectivity index (χ3n) is 4.20. The zero-order valence-corrected chi connectivity index (χ0v) is 12.0.